The molecule has 0 spiro atoms. The van der Waals surface area contributed by atoms with Gasteiger partial charge in [-0.3, -0.25) is 0 Å². The molecule has 1 nitrogen and oxygen atoms in total. The quantitative estimate of drug-likeness (QED) is 0.627. The van der Waals surface area contributed by atoms with Gasteiger partial charge in [-0.05, 0) is 24.6 Å². The third-order valence-corrected chi connectivity index (χ3v) is 1.31. The molecule has 1 aromatic carbocycles. The minimum Gasteiger partial charge on any atom is -0.388 e. The molecule has 0 unspecified atom stereocenters. The van der Waals surface area contributed by atoms with E-state index in [0.717, 1.165) is 0 Å². The molecular weight excluding hydrogens is 122 g/mol. The Bertz CT molecular complexity index is 194. The van der Waals surface area contributed by atoms with Gasteiger partial charge in [0.2, 0.25) is 0 Å². The van der Waals surface area contributed by atoms with Crippen LogP contribution in [0.5, 0.6) is 0 Å². The highest BCUT2D eigenvalue weighted by Gasteiger charge is 1.84. The van der Waals surface area contributed by atoms with Crippen LogP contribution in [0.2, 0.25) is 0 Å². The molecule has 0 bridgehead atoms. The minimum absolute atomic E-state index is 0. The lowest BCUT2D eigenvalue weighted by Gasteiger charge is -1.98. The molecular formula is C9H15N. The van der Waals surface area contributed by atoms with Gasteiger partial charge in [-0.2, -0.15) is 0 Å². The number of anilines is 1. The summed E-state index contributed by atoms with van der Waals surface area (Å²) in [6.07, 6.45) is 0. The van der Waals surface area contributed by atoms with Crippen LogP contribution in [0.15, 0.2) is 24.3 Å². The van der Waals surface area contributed by atoms with E-state index in [1.807, 2.05) is 19.2 Å². The van der Waals surface area contributed by atoms with Gasteiger partial charge >= 0.3 is 0 Å². The van der Waals surface area contributed by atoms with E-state index in [2.05, 4.69) is 24.4 Å². The number of hydrogen-bond acceptors (Lipinski definition) is 1. The van der Waals surface area contributed by atoms with Gasteiger partial charge in [0.25, 0.3) is 0 Å². The van der Waals surface area contributed by atoms with E-state index in [1.165, 1.54) is 11.3 Å². The number of nitrogens with one attached hydrogen (secondary N) is 1. The van der Waals surface area contributed by atoms with Crippen molar-refractivity contribution in [2.75, 3.05) is 12.4 Å². The lowest BCUT2D eigenvalue weighted by Crippen LogP contribution is -1.86. The van der Waals surface area contributed by atoms with Gasteiger partial charge in [0.1, 0.15) is 0 Å². The van der Waals surface area contributed by atoms with Crippen LogP contribution in [0, 0.1) is 6.92 Å². The van der Waals surface area contributed by atoms with Crippen LogP contribution in [0.4, 0.5) is 5.69 Å². The molecule has 0 radical (unpaired) electrons. The summed E-state index contributed by atoms with van der Waals surface area (Å²) < 4.78 is 0. The zero-order valence-electron chi connectivity index (χ0n) is 5.81. The fourth-order valence-electron chi connectivity index (χ4n) is 0.801. The smallest absolute Gasteiger partial charge is 0.0340 e. The Kier molecular flexibility index (Phi) is 3.55. The maximum absolute atomic E-state index is 3.07. The second-order valence-electron chi connectivity index (χ2n) is 2.12. The summed E-state index contributed by atoms with van der Waals surface area (Å²) in [5, 5.41) is 3.07. The highest BCUT2D eigenvalue weighted by atomic mass is 14.8. The maximum atomic E-state index is 3.07. The minimum atomic E-state index is 0. The highest BCUT2D eigenvalue weighted by molar-refractivity contribution is 5.44. The Morgan fingerprint density at radius 3 is 2.40 bits per heavy atom. The molecule has 0 fully saturated rings. The molecule has 1 rings (SSSR count). The Labute approximate surface area is 63.1 Å². The standard InChI is InChI=1S/C8H11N.CH4/c1-7-4-3-5-8(6-7)9-2;/h3-6,9H,1-2H3;1H4. The molecule has 1 N–H and O–H groups in total. The van der Waals surface area contributed by atoms with Crippen LogP contribution >= 0.6 is 0 Å². The van der Waals surface area contributed by atoms with Crippen LogP contribution in [-0.2, 0) is 0 Å². The fraction of sp³-hybridized carbons (Fsp3) is 0.333. The monoisotopic (exact) mass is 137 g/mol. The first-order chi connectivity index (χ1) is 4.33. The van der Waals surface area contributed by atoms with Crippen molar-refractivity contribution < 1.29 is 0 Å². The SMILES string of the molecule is C.CNc1cccc(C)c1. The van der Waals surface area contributed by atoms with Crippen LogP contribution in [0.25, 0.3) is 0 Å². The Morgan fingerprint density at radius 1 is 1.30 bits per heavy atom. The largest absolute Gasteiger partial charge is 0.388 e. The normalized spacial score (nSPS) is 8.20. The summed E-state index contributed by atoms with van der Waals surface area (Å²) in [7, 11) is 1.93. The van der Waals surface area contributed by atoms with Gasteiger partial charge in [-0.25, -0.2) is 0 Å². The predicted octanol–water partition coefficient (Wildman–Crippen LogP) is 2.67. The van der Waals surface area contributed by atoms with Crippen molar-refractivity contribution in [1.29, 1.82) is 0 Å². The molecule has 0 saturated heterocycles. The molecule has 0 aliphatic heterocycles. The third kappa shape index (κ3) is 2.09. The molecule has 0 aliphatic carbocycles. The first kappa shape index (κ1) is 9.02. The van der Waals surface area contributed by atoms with Crippen molar-refractivity contribution in [3.63, 3.8) is 0 Å². The van der Waals surface area contributed by atoms with E-state index >= 15 is 0 Å². The van der Waals surface area contributed by atoms with Crippen molar-refractivity contribution in [1.82, 2.24) is 0 Å². The topological polar surface area (TPSA) is 12.0 Å². The lowest BCUT2D eigenvalue weighted by atomic mass is 10.2. The average Bonchev–Trinajstić information content (AvgIpc) is 1.88. The summed E-state index contributed by atoms with van der Waals surface area (Å²) in [6.45, 7) is 2.08. The average molecular weight is 137 g/mol. The van der Waals surface area contributed by atoms with Gasteiger partial charge in [-0.1, -0.05) is 19.6 Å². The van der Waals surface area contributed by atoms with E-state index in [-0.39, 0.29) is 7.43 Å². The van der Waals surface area contributed by atoms with Crippen LogP contribution in [0.3, 0.4) is 0 Å². The highest BCUT2D eigenvalue weighted by Crippen LogP contribution is 2.07. The summed E-state index contributed by atoms with van der Waals surface area (Å²) >= 11 is 0. The number of aryl methyl sites for hydroxylation is 1. The number of benzene rings is 1. The maximum Gasteiger partial charge on any atom is 0.0340 e. The summed E-state index contributed by atoms with van der Waals surface area (Å²) in [5.74, 6) is 0. The van der Waals surface area contributed by atoms with Crippen molar-refractivity contribution in [2.24, 2.45) is 0 Å². The second-order valence-corrected chi connectivity index (χ2v) is 2.12. The van der Waals surface area contributed by atoms with Crippen molar-refractivity contribution in [3.05, 3.63) is 29.8 Å². The second kappa shape index (κ2) is 3.94. The Balaban J connectivity index is 0.000000810. The van der Waals surface area contributed by atoms with Gasteiger partial charge < -0.3 is 5.32 Å². The van der Waals surface area contributed by atoms with Crippen LogP contribution < -0.4 is 5.32 Å². The van der Waals surface area contributed by atoms with E-state index < -0.39 is 0 Å². The van der Waals surface area contributed by atoms with Crippen LogP contribution in [-0.4, -0.2) is 7.05 Å². The summed E-state index contributed by atoms with van der Waals surface area (Å²) in [6, 6.07) is 8.29. The third-order valence-electron chi connectivity index (χ3n) is 1.31. The van der Waals surface area contributed by atoms with Crippen molar-refractivity contribution in [3.8, 4) is 0 Å². The zero-order valence-corrected chi connectivity index (χ0v) is 5.81. The van der Waals surface area contributed by atoms with Gasteiger partial charge in [0.05, 0.1) is 0 Å². The molecule has 0 heterocycles. The number of rotatable bonds is 1. The van der Waals surface area contributed by atoms with E-state index in [1.54, 1.807) is 0 Å². The van der Waals surface area contributed by atoms with E-state index in [9.17, 15) is 0 Å². The predicted molar refractivity (Wildman–Crippen MR) is 47.5 cm³/mol. The fourth-order valence-corrected chi connectivity index (χ4v) is 0.801. The molecule has 0 amide bonds. The molecule has 1 heteroatoms. The van der Waals surface area contributed by atoms with E-state index in [0.29, 0.717) is 0 Å². The zero-order chi connectivity index (χ0) is 6.69. The van der Waals surface area contributed by atoms with Gasteiger partial charge in [0, 0.05) is 12.7 Å². The Hall–Kier alpha value is -0.980. The van der Waals surface area contributed by atoms with Gasteiger partial charge in [-0.15, -0.1) is 0 Å². The lowest BCUT2D eigenvalue weighted by molar-refractivity contribution is 1.43. The Morgan fingerprint density at radius 2 is 2.00 bits per heavy atom. The molecule has 1 aromatic rings. The molecule has 0 atom stereocenters. The van der Waals surface area contributed by atoms with Crippen molar-refractivity contribution >= 4 is 5.69 Å². The molecule has 10 heavy (non-hydrogen) atoms. The van der Waals surface area contributed by atoms with Gasteiger partial charge in [0.15, 0.2) is 0 Å². The van der Waals surface area contributed by atoms with Crippen LogP contribution in [0.1, 0.15) is 13.0 Å². The summed E-state index contributed by atoms with van der Waals surface area (Å²) in [5.41, 5.74) is 2.47. The molecule has 0 aromatic heterocycles. The summed E-state index contributed by atoms with van der Waals surface area (Å²) in [4.78, 5) is 0. The molecule has 0 saturated carbocycles. The first-order valence-electron chi connectivity index (χ1n) is 3.07. The molecule has 56 valence electrons. The van der Waals surface area contributed by atoms with E-state index in [4.69, 9.17) is 0 Å². The first-order valence-corrected chi connectivity index (χ1v) is 3.07. The number of hydrogen-bond donors (Lipinski definition) is 1. The molecule has 0 aliphatic rings. The van der Waals surface area contributed by atoms with Crippen molar-refractivity contribution in [2.45, 2.75) is 14.4 Å².